The molecular formula is C30H32N6O2. The first-order valence-electron chi connectivity index (χ1n) is 13.3. The van der Waals surface area contributed by atoms with Gasteiger partial charge in [-0.15, -0.1) is 0 Å². The number of benzene rings is 2. The lowest BCUT2D eigenvalue weighted by atomic mass is 9.87. The molecule has 0 bridgehead atoms. The second-order valence-electron chi connectivity index (χ2n) is 10.2. The van der Waals surface area contributed by atoms with Gasteiger partial charge in [0.25, 0.3) is 0 Å². The van der Waals surface area contributed by atoms with E-state index in [-0.39, 0.29) is 30.3 Å². The van der Waals surface area contributed by atoms with Crippen LogP contribution in [0, 0.1) is 0 Å². The van der Waals surface area contributed by atoms with Crippen molar-refractivity contribution in [3.05, 3.63) is 89.9 Å². The number of carbonyl (C=O) groups is 2. The third kappa shape index (κ3) is 4.67. The van der Waals surface area contributed by atoms with Crippen molar-refractivity contribution in [3.63, 3.8) is 0 Å². The summed E-state index contributed by atoms with van der Waals surface area (Å²) in [5.74, 6) is 0.252. The third-order valence-corrected chi connectivity index (χ3v) is 7.72. The molecule has 1 saturated heterocycles. The highest BCUT2D eigenvalue weighted by molar-refractivity contribution is 5.90. The van der Waals surface area contributed by atoms with Gasteiger partial charge in [-0.1, -0.05) is 42.5 Å². The molecule has 38 heavy (non-hydrogen) atoms. The molecule has 2 aromatic heterocycles. The number of nitrogens with one attached hydrogen (secondary N) is 1. The number of anilines is 1. The van der Waals surface area contributed by atoms with E-state index in [9.17, 15) is 9.59 Å². The Labute approximate surface area is 222 Å². The summed E-state index contributed by atoms with van der Waals surface area (Å²) in [7, 11) is 0. The van der Waals surface area contributed by atoms with Gasteiger partial charge < -0.3 is 19.7 Å². The van der Waals surface area contributed by atoms with Crippen molar-refractivity contribution in [3.8, 4) is 0 Å². The first-order chi connectivity index (χ1) is 18.6. The number of hydrogen-bond donors (Lipinski definition) is 1. The maximum atomic E-state index is 13.5. The number of rotatable bonds is 6. The fraction of sp³-hybridized carbons (Fsp3) is 0.333. The number of carbonyl (C=O) groups excluding carboxylic acids is 2. The Balaban J connectivity index is 1.19. The Bertz CT molecular complexity index is 1470. The molecule has 2 aliphatic heterocycles. The Morgan fingerprint density at radius 2 is 1.87 bits per heavy atom. The summed E-state index contributed by atoms with van der Waals surface area (Å²) in [6.07, 6.45) is 4.72. The number of amides is 1. The van der Waals surface area contributed by atoms with Gasteiger partial charge >= 0.3 is 0 Å². The van der Waals surface area contributed by atoms with Gasteiger partial charge in [0.1, 0.15) is 12.1 Å². The van der Waals surface area contributed by atoms with E-state index in [1.807, 2.05) is 51.9 Å². The third-order valence-electron chi connectivity index (χ3n) is 7.72. The Morgan fingerprint density at radius 1 is 1.00 bits per heavy atom. The Morgan fingerprint density at radius 3 is 2.71 bits per heavy atom. The van der Waals surface area contributed by atoms with Crippen LogP contribution < -0.4 is 10.2 Å². The number of nitrogens with zero attached hydrogens (tertiary/aromatic N) is 5. The molecule has 1 amide bonds. The summed E-state index contributed by atoms with van der Waals surface area (Å²) in [5, 5.41) is 3.50. The van der Waals surface area contributed by atoms with Gasteiger partial charge in [-0.25, -0.2) is 9.97 Å². The van der Waals surface area contributed by atoms with E-state index < -0.39 is 0 Å². The summed E-state index contributed by atoms with van der Waals surface area (Å²) in [5.41, 5.74) is 5.98. The largest absolute Gasteiger partial charge is 0.367 e. The molecule has 2 aliphatic rings. The van der Waals surface area contributed by atoms with Gasteiger partial charge in [-0.2, -0.15) is 0 Å². The molecular weight excluding hydrogens is 476 g/mol. The molecule has 6 rings (SSSR count). The fourth-order valence-electron chi connectivity index (χ4n) is 5.85. The summed E-state index contributed by atoms with van der Waals surface area (Å²) in [4.78, 5) is 39.8. The van der Waals surface area contributed by atoms with Crippen LogP contribution in [0.3, 0.4) is 0 Å². The van der Waals surface area contributed by atoms with E-state index in [0.717, 1.165) is 47.5 Å². The zero-order valence-corrected chi connectivity index (χ0v) is 21.6. The molecule has 0 saturated carbocycles. The highest BCUT2D eigenvalue weighted by Crippen LogP contribution is 2.35. The van der Waals surface area contributed by atoms with Crippen molar-refractivity contribution in [2.45, 2.75) is 38.4 Å². The van der Waals surface area contributed by atoms with Crippen LogP contribution in [0.5, 0.6) is 0 Å². The second-order valence-corrected chi connectivity index (χ2v) is 10.2. The predicted octanol–water partition coefficient (Wildman–Crippen LogP) is 3.17. The summed E-state index contributed by atoms with van der Waals surface area (Å²) >= 11 is 0. The zero-order chi connectivity index (χ0) is 26.1. The molecule has 2 aromatic carbocycles. The van der Waals surface area contributed by atoms with Crippen LogP contribution in [0.15, 0.2) is 73.2 Å². The molecule has 0 spiro atoms. The number of imidazole rings is 1. The summed E-state index contributed by atoms with van der Waals surface area (Å²) in [6, 6.07) is 19.8. The molecule has 0 radical (unpaired) electrons. The molecule has 2 atom stereocenters. The van der Waals surface area contributed by atoms with Gasteiger partial charge in [0.05, 0.1) is 12.4 Å². The molecule has 1 fully saturated rings. The first kappa shape index (κ1) is 24.3. The van der Waals surface area contributed by atoms with Crippen molar-refractivity contribution < 1.29 is 9.59 Å². The van der Waals surface area contributed by atoms with E-state index >= 15 is 0 Å². The number of fused-ring (bicyclic) bond motifs is 2. The molecule has 4 aromatic rings. The van der Waals surface area contributed by atoms with Crippen LogP contribution in [-0.4, -0.2) is 63.3 Å². The van der Waals surface area contributed by atoms with Crippen LogP contribution in [-0.2, 0) is 29.0 Å². The van der Waals surface area contributed by atoms with E-state index in [1.54, 1.807) is 12.5 Å². The maximum Gasteiger partial charge on any atom is 0.242 e. The molecule has 194 valence electrons. The molecule has 1 N–H and O–H groups in total. The fourth-order valence-corrected chi connectivity index (χ4v) is 5.85. The van der Waals surface area contributed by atoms with Gasteiger partial charge in [0.15, 0.2) is 11.4 Å². The van der Waals surface area contributed by atoms with Crippen molar-refractivity contribution in [1.82, 2.24) is 24.8 Å². The van der Waals surface area contributed by atoms with Crippen LogP contribution in [0.1, 0.15) is 29.7 Å². The number of hydrogen-bond acceptors (Lipinski definition) is 6. The van der Waals surface area contributed by atoms with Gasteiger partial charge in [0.2, 0.25) is 5.91 Å². The van der Waals surface area contributed by atoms with Gasteiger partial charge in [0, 0.05) is 56.1 Å². The topological polar surface area (TPSA) is 83.4 Å². The van der Waals surface area contributed by atoms with Crippen molar-refractivity contribution in [1.29, 1.82) is 0 Å². The second kappa shape index (κ2) is 10.4. The van der Waals surface area contributed by atoms with Crippen LogP contribution >= 0.6 is 0 Å². The molecule has 8 heteroatoms. The predicted molar refractivity (Wildman–Crippen MR) is 147 cm³/mol. The number of Topliss-reactive ketones (excluding diaryl/α,β-unsaturated/α-hetero) is 1. The van der Waals surface area contributed by atoms with Crippen LogP contribution in [0.2, 0.25) is 0 Å². The monoisotopic (exact) mass is 508 g/mol. The molecule has 1 unspecified atom stereocenters. The summed E-state index contributed by atoms with van der Waals surface area (Å²) < 4.78 is 1.82. The van der Waals surface area contributed by atoms with Crippen molar-refractivity contribution >= 4 is 28.5 Å². The van der Waals surface area contributed by atoms with Crippen molar-refractivity contribution in [2.24, 2.45) is 0 Å². The molecule has 4 heterocycles. The number of piperazine rings is 1. The Kier molecular flexibility index (Phi) is 6.64. The zero-order valence-electron chi connectivity index (χ0n) is 21.6. The lowest BCUT2D eigenvalue weighted by Crippen LogP contribution is -2.55. The standard InChI is InChI=1S/C30H32N6O2/c1-21-18-34(15-16-36(21)27(38)19-35-20-33-24-10-6-13-32-30(24)35)25-11-5-9-23-12-14-31-29(28(23)25)26(37)17-22-7-3-2-4-8-22/h2-11,13,20-21,29,31H,12,14-19H2,1H3/t21-,29?/m1/s1. The minimum atomic E-state index is -0.327. The lowest BCUT2D eigenvalue weighted by molar-refractivity contribution is -0.134. The molecule has 8 nitrogen and oxygen atoms in total. The van der Waals surface area contributed by atoms with Gasteiger partial charge in [-0.05, 0) is 42.7 Å². The quantitative estimate of drug-likeness (QED) is 0.431. The normalized spacial score (nSPS) is 19.4. The van der Waals surface area contributed by atoms with E-state index in [2.05, 4.69) is 45.3 Å². The van der Waals surface area contributed by atoms with Crippen molar-refractivity contribution in [2.75, 3.05) is 31.1 Å². The average molecular weight is 509 g/mol. The van der Waals surface area contributed by atoms with E-state index in [1.165, 1.54) is 5.56 Å². The van der Waals surface area contributed by atoms with Gasteiger partial charge in [-0.3, -0.25) is 9.59 Å². The highest BCUT2D eigenvalue weighted by Gasteiger charge is 2.33. The van der Waals surface area contributed by atoms with Crippen LogP contribution in [0.4, 0.5) is 5.69 Å². The number of pyridine rings is 1. The van der Waals surface area contributed by atoms with E-state index in [4.69, 9.17) is 0 Å². The van der Waals surface area contributed by atoms with E-state index in [0.29, 0.717) is 19.5 Å². The smallest absolute Gasteiger partial charge is 0.242 e. The molecule has 0 aliphatic carbocycles. The number of aromatic nitrogens is 3. The maximum absolute atomic E-state index is 13.5. The minimum Gasteiger partial charge on any atom is -0.367 e. The highest BCUT2D eigenvalue weighted by atomic mass is 16.2. The average Bonchev–Trinajstić information content (AvgIpc) is 3.35. The Hall–Kier alpha value is -4.04. The summed E-state index contributed by atoms with van der Waals surface area (Å²) in [6.45, 7) is 5.16. The minimum absolute atomic E-state index is 0.0323. The number of ketones is 1. The SMILES string of the molecule is C[C@@H]1CN(c2cccc3c2C(C(=O)Cc2ccccc2)NCC3)CCN1C(=O)Cn1cnc2cccnc21. The lowest BCUT2D eigenvalue weighted by Gasteiger charge is -2.43. The van der Waals surface area contributed by atoms with Crippen LogP contribution in [0.25, 0.3) is 11.2 Å². The first-order valence-corrected chi connectivity index (χ1v) is 13.3.